The number of nitrogens with zero attached hydrogens (tertiary/aromatic N) is 4. The molecule has 1 atom stereocenters. The van der Waals surface area contributed by atoms with Crippen molar-refractivity contribution < 1.29 is 18.9 Å². The molecular weight excluding hydrogens is 380 g/mol. The molecule has 0 unspecified atom stereocenters. The molecule has 8 nitrogen and oxygen atoms in total. The smallest absolute Gasteiger partial charge is 0.235 e. The molecule has 142 valence electrons. The van der Waals surface area contributed by atoms with Crippen molar-refractivity contribution in [1.82, 2.24) is 19.8 Å². The van der Waals surface area contributed by atoms with E-state index in [2.05, 4.69) is 15.3 Å². The number of aromatic nitrogens is 4. The van der Waals surface area contributed by atoms with Gasteiger partial charge in [0.1, 0.15) is 6.61 Å². The van der Waals surface area contributed by atoms with Gasteiger partial charge >= 0.3 is 0 Å². The molecule has 5 rings (SSSR count). The third kappa shape index (κ3) is 2.71. The Labute approximate surface area is 164 Å². The summed E-state index contributed by atoms with van der Waals surface area (Å²) in [4.78, 5) is 0.683. The molecule has 0 aliphatic carbocycles. The van der Waals surface area contributed by atoms with E-state index in [0.29, 0.717) is 34.6 Å². The van der Waals surface area contributed by atoms with Crippen LogP contribution in [0.2, 0.25) is 0 Å². The van der Waals surface area contributed by atoms with Crippen molar-refractivity contribution in [1.29, 1.82) is 0 Å². The first-order chi connectivity index (χ1) is 13.8. The Balaban J connectivity index is 1.50. The minimum absolute atomic E-state index is 0.292. The first-order valence-corrected chi connectivity index (χ1v) is 9.41. The zero-order valence-corrected chi connectivity index (χ0v) is 16.0. The van der Waals surface area contributed by atoms with Crippen LogP contribution in [0.5, 0.6) is 23.0 Å². The van der Waals surface area contributed by atoms with Crippen LogP contribution in [0.3, 0.4) is 0 Å². The maximum Gasteiger partial charge on any atom is 0.235 e. The van der Waals surface area contributed by atoms with Gasteiger partial charge in [0.2, 0.25) is 4.96 Å². The highest BCUT2D eigenvalue weighted by atomic mass is 32.1. The number of ether oxygens (including phenoxy) is 4. The van der Waals surface area contributed by atoms with Gasteiger partial charge in [0.15, 0.2) is 39.9 Å². The maximum atomic E-state index is 6.05. The van der Waals surface area contributed by atoms with Gasteiger partial charge in [-0.3, -0.25) is 0 Å². The normalized spacial score (nSPS) is 15.6. The fourth-order valence-corrected chi connectivity index (χ4v) is 3.91. The highest BCUT2D eigenvalue weighted by Crippen LogP contribution is 2.37. The van der Waals surface area contributed by atoms with Crippen LogP contribution in [0, 0.1) is 0 Å². The Hall–Kier alpha value is -3.33. The van der Waals surface area contributed by atoms with Crippen molar-refractivity contribution in [3.63, 3.8) is 0 Å². The fraction of sp³-hybridized carbons (Fsp3) is 0.211. The number of benzene rings is 2. The second kappa shape index (κ2) is 6.68. The summed E-state index contributed by atoms with van der Waals surface area (Å²) in [5, 5.41) is 14.0. The van der Waals surface area contributed by atoms with Crippen LogP contribution in [0.1, 0.15) is 11.1 Å². The molecule has 1 aliphatic heterocycles. The third-order valence-corrected chi connectivity index (χ3v) is 5.42. The molecule has 0 fully saturated rings. The molecule has 0 spiro atoms. The Morgan fingerprint density at radius 1 is 1.04 bits per heavy atom. The molecule has 0 amide bonds. The standard InChI is InChI=1S/C19H16N4O4S/c1-24-12-8-7-11(9-15(12)25-2)17-20-21-19-23(17)22-18(28-19)16-10-26-13-5-3-4-6-14(13)27-16/h3-9,16H,10H2,1-2H3/t16-/m0/s1. The molecule has 0 bridgehead atoms. The predicted molar refractivity (Wildman–Crippen MR) is 103 cm³/mol. The number of rotatable bonds is 4. The molecule has 0 saturated heterocycles. The van der Waals surface area contributed by atoms with Gasteiger partial charge in [-0.15, -0.1) is 10.2 Å². The van der Waals surface area contributed by atoms with E-state index in [-0.39, 0.29) is 6.10 Å². The van der Waals surface area contributed by atoms with Gasteiger partial charge < -0.3 is 18.9 Å². The van der Waals surface area contributed by atoms with Crippen LogP contribution in [0.25, 0.3) is 16.3 Å². The quantitative estimate of drug-likeness (QED) is 0.523. The molecule has 28 heavy (non-hydrogen) atoms. The van der Waals surface area contributed by atoms with Gasteiger partial charge in [-0.2, -0.15) is 9.61 Å². The molecule has 4 aromatic rings. The first kappa shape index (κ1) is 16.8. The second-order valence-corrected chi connectivity index (χ2v) is 7.08. The fourth-order valence-electron chi connectivity index (χ4n) is 3.06. The van der Waals surface area contributed by atoms with E-state index in [1.165, 1.54) is 11.3 Å². The average Bonchev–Trinajstić information content (AvgIpc) is 3.34. The highest BCUT2D eigenvalue weighted by Gasteiger charge is 2.27. The summed E-state index contributed by atoms with van der Waals surface area (Å²) in [5.74, 6) is 3.35. The van der Waals surface area contributed by atoms with Gasteiger partial charge in [0.25, 0.3) is 0 Å². The van der Waals surface area contributed by atoms with Crippen molar-refractivity contribution in [2.24, 2.45) is 0 Å². The Morgan fingerprint density at radius 3 is 2.68 bits per heavy atom. The molecule has 9 heteroatoms. The Bertz CT molecular complexity index is 1160. The van der Waals surface area contributed by atoms with Crippen LogP contribution < -0.4 is 18.9 Å². The number of hydrogen-bond acceptors (Lipinski definition) is 8. The van der Waals surface area contributed by atoms with Crippen LogP contribution >= 0.6 is 11.3 Å². The monoisotopic (exact) mass is 396 g/mol. The highest BCUT2D eigenvalue weighted by molar-refractivity contribution is 7.16. The van der Waals surface area contributed by atoms with Crippen molar-refractivity contribution >= 4 is 16.3 Å². The zero-order valence-electron chi connectivity index (χ0n) is 15.2. The summed E-state index contributed by atoms with van der Waals surface area (Å²) in [6.45, 7) is 0.396. The third-order valence-electron chi connectivity index (χ3n) is 4.43. The molecule has 1 aliphatic rings. The van der Waals surface area contributed by atoms with Crippen LogP contribution in [0.15, 0.2) is 42.5 Å². The molecule has 2 aromatic carbocycles. The van der Waals surface area contributed by atoms with Crippen LogP contribution in [0.4, 0.5) is 0 Å². The minimum Gasteiger partial charge on any atom is -0.493 e. The molecule has 0 radical (unpaired) electrons. The zero-order chi connectivity index (χ0) is 19.1. The Morgan fingerprint density at radius 2 is 1.86 bits per heavy atom. The summed E-state index contributed by atoms with van der Waals surface area (Å²) in [5.41, 5.74) is 0.827. The maximum absolute atomic E-state index is 6.05. The number of hydrogen-bond donors (Lipinski definition) is 0. The molecular formula is C19H16N4O4S. The van der Waals surface area contributed by atoms with E-state index >= 15 is 0 Å². The summed E-state index contributed by atoms with van der Waals surface area (Å²) < 4.78 is 24.2. The minimum atomic E-state index is -0.292. The molecule has 2 aromatic heterocycles. The predicted octanol–water partition coefficient (Wildman–Crippen LogP) is 3.38. The van der Waals surface area contributed by atoms with Gasteiger partial charge in [0.05, 0.1) is 14.2 Å². The van der Waals surface area contributed by atoms with Gasteiger partial charge in [-0.25, -0.2) is 0 Å². The van der Waals surface area contributed by atoms with Gasteiger partial charge in [-0.05, 0) is 30.3 Å². The number of fused-ring (bicyclic) bond motifs is 2. The van der Waals surface area contributed by atoms with Crippen molar-refractivity contribution in [2.75, 3.05) is 20.8 Å². The lowest BCUT2D eigenvalue weighted by atomic mass is 10.2. The summed E-state index contributed by atoms with van der Waals surface area (Å²) >= 11 is 1.43. The molecule has 0 saturated carbocycles. The largest absolute Gasteiger partial charge is 0.493 e. The topological polar surface area (TPSA) is 80.0 Å². The lowest BCUT2D eigenvalue weighted by Gasteiger charge is -2.24. The van der Waals surface area contributed by atoms with E-state index in [1.54, 1.807) is 18.7 Å². The van der Waals surface area contributed by atoms with Crippen LogP contribution in [-0.2, 0) is 0 Å². The van der Waals surface area contributed by atoms with Crippen LogP contribution in [-0.4, -0.2) is 40.6 Å². The van der Waals surface area contributed by atoms with E-state index in [1.807, 2.05) is 42.5 Å². The average molecular weight is 396 g/mol. The summed E-state index contributed by atoms with van der Waals surface area (Å²) in [6, 6.07) is 13.2. The van der Waals surface area contributed by atoms with E-state index in [9.17, 15) is 0 Å². The molecule has 3 heterocycles. The SMILES string of the molecule is COc1ccc(-c2nnc3sc([C@@H]4COc5ccccc5O4)nn23)cc1OC. The second-order valence-electron chi connectivity index (χ2n) is 6.09. The van der Waals surface area contributed by atoms with Crippen molar-refractivity contribution in [3.05, 3.63) is 47.5 Å². The summed E-state index contributed by atoms with van der Waals surface area (Å²) in [7, 11) is 3.20. The van der Waals surface area contributed by atoms with E-state index < -0.39 is 0 Å². The lowest BCUT2D eigenvalue weighted by molar-refractivity contribution is 0.0904. The van der Waals surface area contributed by atoms with Gasteiger partial charge in [-0.1, -0.05) is 23.5 Å². The van der Waals surface area contributed by atoms with Crippen molar-refractivity contribution in [2.45, 2.75) is 6.10 Å². The van der Waals surface area contributed by atoms with E-state index in [0.717, 1.165) is 16.3 Å². The van der Waals surface area contributed by atoms with Gasteiger partial charge in [0, 0.05) is 5.56 Å². The first-order valence-electron chi connectivity index (χ1n) is 8.60. The number of para-hydroxylation sites is 2. The number of methoxy groups -OCH3 is 2. The lowest BCUT2D eigenvalue weighted by Crippen LogP contribution is -2.21. The molecule has 0 N–H and O–H groups in total. The van der Waals surface area contributed by atoms with Crippen molar-refractivity contribution in [3.8, 4) is 34.4 Å². The van der Waals surface area contributed by atoms with E-state index in [4.69, 9.17) is 18.9 Å². The summed E-state index contributed by atoms with van der Waals surface area (Å²) in [6.07, 6.45) is -0.292. The Kier molecular flexibility index (Phi) is 4.01.